The van der Waals surface area contributed by atoms with Crippen LogP contribution in [-0.2, 0) is 29.2 Å². The molecule has 27 heavy (non-hydrogen) atoms. The van der Waals surface area contributed by atoms with E-state index < -0.39 is 18.5 Å². The van der Waals surface area contributed by atoms with Crippen molar-refractivity contribution in [1.82, 2.24) is 0 Å². The molecule has 2 aliphatic heterocycles. The summed E-state index contributed by atoms with van der Waals surface area (Å²) in [6.07, 6.45) is 2.97. The van der Waals surface area contributed by atoms with Crippen LogP contribution in [0.3, 0.4) is 0 Å². The van der Waals surface area contributed by atoms with Crippen LogP contribution in [0.1, 0.15) is 101 Å². The van der Waals surface area contributed by atoms with Gasteiger partial charge in [-0.05, 0) is 48.1 Å². The molecule has 146 valence electrons. The molecule has 2 heterocycles. The molecule has 0 spiro atoms. The van der Waals surface area contributed by atoms with Crippen molar-refractivity contribution >= 4 is 11.9 Å². The Bertz CT molecular complexity index is 811. The first-order chi connectivity index (χ1) is 12.6. The fourth-order valence-electron chi connectivity index (χ4n) is 5.44. The molecular weight excluding hydrogens is 344 g/mol. The zero-order chi connectivity index (χ0) is 19.6. The third kappa shape index (κ3) is 2.96. The van der Waals surface area contributed by atoms with Gasteiger partial charge in [0.15, 0.2) is 0 Å². The van der Waals surface area contributed by atoms with Crippen LogP contribution in [0.15, 0.2) is 12.1 Å². The number of esters is 2. The first kappa shape index (κ1) is 18.5. The van der Waals surface area contributed by atoms with Crippen LogP contribution in [0.2, 0.25) is 0 Å². The Morgan fingerprint density at radius 2 is 1.93 bits per heavy atom. The zero-order valence-electron chi connectivity index (χ0n) is 16.8. The van der Waals surface area contributed by atoms with Gasteiger partial charge in [-0.15, -0.1) is 0 Å². The molecule has 1 saturated carbocycles. The minimum Gasteiger partial charge on any atom is -0.431 e. The van der Waals surface area contributed by atoms with E-state index in [1.807, 2.05) is 13.0 Å². The number of rotatable bonds is 2. The van der Waals surface area contributed by atoms with Gasteiger partial charge in [0.1, 0.15) is 0 Å². The smallest absolute Gasteiger partial charge is 0.315 e. The van der Waals surface area contributed by atoms with Gasteiger partial charge in [-0.3, -0.25) is 14.3 Å². The van der Waals surface area contributed by atoms with Crippen molar-refractivity contribution in [1.29, 1.82) is 0 Å². The number of carbonyl (C=O) groups excluding carboxylic acids is 2. The zero-order valence-corrected chi connectivity index (χ0v) is 16.8. The molecule has 1 aromatic rings. The number of ether oxygens (including phenoxy) is 3. The third-order valence-corrected chi connectivity index (χ3v) is 6.44. The quantitative estimate of drug-likeness (QED) is 0.698. The molecule has 0 unspecified atom stereocenters. The highest BCUT2D eigenvalue weighted by molar-refractivity contribution is 5.82. The molecule has 1 aliphatic carbocycles. The van der Waals surface area contributed by atoms with Crippen LogP contribution in [0.4, 0.5) is 0 Å². The molecule has 5 nitrogen and oxygen atoms in total. The van der Waals surface area contributed by atoms with E-state index in [9.17, 15) is 9.59 Å². The second kappa shape index (κ2) is 6.06. The lowest BCUT2D eigenvalue weighted by Crippen LogP contribution is -2.37. The van der Waals surface area contributed by atoms with Gasteiger partial charge in [-0.1, -0.05) is 39.3 Å². The van der Waals surface area contributed by atoms with E-state index in [1.165, 1.54) is 25.3 Å². The Labute approximate surface area is 160 Å². The van der Waals surface area contributed by atoms with Crippen molar-refractivity contribution in [3.05, 3.63) is 34.4 Å². The monoisotopic (exact) mass is 372 g/mol. The van der Waals surface area contributed by atoms with Gasteiger partial charge >= 0.3 is 11.9 Å². The molecule has 1 fully saturated rings. The standard InChI is InChI=1S/C22H28O5/c1-12-16-15(22(5)10-6-9-21(3,4)11-22)8-7-14-17(16)20(26-18(12)24)27-19(14)25-13(2)23/h7-8,12,19-20H,6,9-11H2,1-5H3/t12-,19-,20-,22+/m1/s1. The van der Waals surface area contributed by atoms with Gasteiger partial charge in [-0.25, -0.2) is 0 Å². The molecule has 0 N–H and O–H groups in total. The first-order valence-electron chi connectivity index (χ1n) is 9.82. The SMILES string of the molecule is CC(=O)O[C@@H]1O[C@H]2OC(=O)[C@H](C)c3c([C@@]4(C)CCCC(C)(C)C4)ccc1c32. The predicted octanol–water partition coefficient (Wildman–Crippen LogP) is 4.80. The fourth-order valence-corrected chi connectivity index (χ4v) is 5.44. The summed E-state index contributed by atoms with van der Waals surface area (Å²) in [5.74, 6) is -1.06. The summed E-state index contributed by atoms with van der Waals surface area (Å²) in [5, 5.41) is 0. The summed E-state index contributed by atoms with van der Waals surface area (Å²) in [6, 6.07) is 4.10. The lowest BCUT2D eigenvalue weighted by atomic mass is 9.60. The number of hydrogen-bond acceptors (Lipinski definition) is 5. The molecule has 0 radical (unpaired) electrons. The molecule has 4 atom stereocenters. The molecule has 4 rings (SSSR count). The average Bonchev–Trinajstić information content (AvgIpc) is 2.88. The average molecular weight is 372 g/mol. The Morgan fingerprint density at radius 3 is 2.59 bits per heavy atom. The van der Waals surface area contributed by atoms with Crippen molar-refractivity contribution < 1.29 is 23.8 Å². The van der Waals surface area contributed by atoms with E-state index in [2.05, 4.69) is 26.8 Å². The molecule has 3 aliphatic rings. The second-order valence-corrected chi connectivity index (χ2v) is 9.35. The summed E-state index contributed by atoms with van der Waals surface area (Å²) in [7, 11) is 0. The van der Waals surface area contributed by atoms with Gasteiger partial charge in [-0.2, -0.15) is 0 Å². The Hall–Kier alpha value is -1.88. The number of hydrogen-bond donors (Lipinski definition) is 0. The van der Waals surface area contributed by atoms with Gasteiger partial charge < -0.3 is 9.47 Å². The summed E-state index contributed by atoms with van der Waals surface area (Å²) in [6.45, 7) is 10.2. The van der Waals surface area contributed by atoms with Crippen molar-refractivity contribution in [2.24, 2.45) is 5.41 Å². The van der Waals surface area contributed by atoms with Crippen molar-refractivity contribution in [3.63, 3.8) is 0 Å². The van der Waals surface area contributed by atoms with Crippen LogP contribution in [0.5, 0.6) is 0 Å². The maximum atomic E-state index is 12.5. The van der Waals surface area contributed by atoms with E-state index in [4.69, 9.17) is 14.2 Å². The van der Waals surface area contributed by atoms with Crippen molar-refractivity contribution in [3.8, 4) is 0 Å². The molecule has 0 saturated heterocycles. The molecule has 5 heteroatoms. The summed E-state index contributed by atoms with van der Waals surface area (Å²) < 4.78 is 16.6. The summed E-state index contributed by atoms with van der Waals surface area (Å²) in [5.41, 5.74) is 4.19. The maximum absolute atomic E-state index is 12.5. The summed E-state index contributed by atoms with van der Waals surface area (Å²) in [4.78, 5) is 24.0. The topological polar surface area (TPSA) is 61.8 Å². The molecule has 0 bridgehead atoms. The van der Waals surface area contributed by atoms with E-state index in [0.29, 0.717) is 0 Å². The van der Waals surface area contributed by atoms with Gasteiger partial charge in [0.05, 0.1) is 5.92 Å². The minimum atomic E-state index is -0.816. The van der Waals surface area contributed by atoms with Crippen LogP contribution < -0.4 is 0 Å². The molecule has 0 amide bonds. The van der Waals surface area contributed by atoms with Crippen LogP contribution >= 0.6 is 0 Å². The van der Waals surface area contributed by atoms with Crippen LogP contribution in [0.25, 0.3) is 0 Å². The van der Waals surface area contributed by atoms with Gasteiger partial charge in [0.2, 0.25) is 12.6 Å². The molecular formula is C22H28O5. The van der Waals surface area contributed by atoms with Crippen LogP contribution in [-0.4, -0.2) is 11.9 Å². The van der Waals surface area contributed by atoms with E-state index in [0.717, 1.165) is 29.5 Å². The highest BCUT2D eigenvalue weighted by Gasteiger charge is 2.48. The molecule has 1 aromatic carbocycles. The van der Waals surface area contributed by atoms with E-state index in [1.54, 1.807) is 0 Å². The lowest BCUT2D eigenvalue weighted by Gasteiger charge is -2.45. The summed E-state index contributed by atoms with van der Waals surface area (Å²) >= 11 is 0. The van der Waals surface area contributed by atoms with Gasteiger partial charge in [0.25, 0.3) is 0 Å². The number of carbonyl (C=O) groups is 2. The van der Waals surface area contributed by atoms with Crippen molar-refractivity contribution in [2.45, 2.75) is 84.2 Å². The lowest BCUT2D eigenvalue weighted by molar-refractivity contribution is -0.231. The predicted molar refractivity (Wildman–Crippen MR) is 98.9 cm³/mol. The minimum absolute atomic E-state index is 0.00205. The fraction of sp³-hybridized carbons (Fsp3) is 0.636. The van der Waals surface area contributed by atoms with E-state index in [-0.39, 0.29) is 22.7 Å². The van der Waals surface area contributed by atoms with E-state index >= 15 is 0 Å². The Morgan fingerprint density at radius 1 is 1.19 bits per heavy atom. The highest BCUT2D eigenvalue weighted by Crippen LogP contribution is 2.54. The molecule has 0 aromatic heterocycles. The largest absolute Gasteiger partial charge is 0.431 e. The maximum Gasteiger partial charge on any atom is 0.315 e. The second-order valence-electron chi connectivity index (χ2n) is 9.35. The third-order valence-electron chi connectivity index (χ3n) is 6.44. The number of benzene rings is 1. The van der Waals surface area contributed by atoms with Crippen molar-refractivity contribution in [2.75, 3.05) is 0 Å². The van der Waals surface area contributed by atoms with Crippen LogP contribution in [0, 0.1) is 5.41 Å². The Kier molecular flexibility index (Phi) is 4.15. The van der Waals surface area contributed by atoms with Gasteiger partial charge in [0, 0.05) is 18.1 Å². The highest BCUT2D eigenvalue weighted by atomic mass is 16.8. The normalized spacial score (nSPS) is 34.0. The Balaban J connectivity index is 1.86. The first-order valence-corrected chi connectivity index (χ1v) is 9.82.